The molecule has 0 amide bonds. The van der Waals surface area contributed by atoms with Crippen molar-refractivity contribution in [2.24, 2.45) is 5.92 Å². The number of aromatic nitrogens is 2. The Labute approximate surface area is 95.4 Å². The fraction of sp³-hybridized carbons (Fsp3) is 0.636. The molecule has 1 rings (SSSR count). The van der Waals surface area contributed by atoms with E-state index in [9.17, 15) is 4.79 Å². The van der Waals surface area contributed by atoms with Gasteiger partial charge in [0.05, 0.1) is 16.4 Å². The van der Waals surface area contributed by atoms with Crippen LogP contribution in [0.5, 0.6) is 0 Å². The standard InChI is InChI=1S/C11H17ClN2O/c1-4-14-10(6-5-8(2)7-15)11(12)9(3)13-14/h7-8H,4-6H2,1-3H3. The summed E-state index contributed by atoms with van der Waals surface area (Å²) >= 11 is 6.15. The summed E-state index contributed by atoms with van der Waals surface area (Å²) in [5, 5.41) is 5.07. The van der Waals surface area contributed by atoms with Crippen LogP contribution in [0.4, 0.5) is 0 Å². The lowest BCUT2D eigenvalue weighted by atomic mass is 10.1. The van der Waals surface area contributed by atoms with Gasteiger partial charge in [-0.3, -0.25) is 4.68 Å². The van der Waals surface area contributed by atoms with E-state index in [4.69, 9.17) is 11.6 Å². The van der Waals surface area contributed by atoms with E-state index in [0.717, 1.165) is 42.1 Å². The summed E-state index contributed by atoms with van der Waals surface area (Å²) in [6, 6.07) is 0. The zero-order valence-corrected chi connectivity index (χ0v) is 10.2. The first-order valence-electron chi connectivity index (χ1n) is 5.27. The van der Waals surface area contributed by atoms with Gasteiger partial charge in [0, 0.05) is 12.5 Å². The molecule has 0 aliphatic heterocycles. The molecule has 0 saturated heterocycles. The number of carbonyl (C=O) groups excluding carboxylic acids is 1. The van der Waals surface area contributed by atoms with Crippen LogP contribution in [0, 0.1) is 12.8 Å². The topological polar surface area (TPSA) is 34.9 Å². The van der Waals surface area contributed by atoms with Gasteiger partial charge in [0.25, 0.3) is 0 Å². The predicted molar refractivity (Wildman–Crippen MR) is 61.2 cm³/mol. The second kappa shape index (κ2) is 5.31. The molecule has 1 aromatic rings. The minimum atomic E-state index is 0.0848. The largest absolute Gasteiger partial charge is 0.303 e. The van der Waals surface area contributed by atoms with E-state index in [1.165, 1.54) is 0 Å². The van der Waals surface area contributed by atoms with Crippen LogP contribution in [-0.4, -0.2) is 16.1 Å². The molecule has 0 saturated carbocycles. The smallest absolute Gasteiger partial charge is 0.122 e. The highest BCUT2D eigenvalue weighted by Crippen LogP contribution is 2.22. The minimum absolute atomic E-state index is 0.0848. The SMILES string of the molecule is CCn1nc(C)c(Cl)c1CCC(C)C=O. The Hall–Kier alpha value is -0.830. The zero-order chi connectivity index (χ0) is 11.4. The molecule has 1 unspecified atom stereocenters. The Balaban J connectivity index is 2.78. The highest BCUT2D eigenvalue weighted by atomic mass is 35.5. The maximum absolute atomic E-state index is 10.5. The van der Waals surface area contributed by atoms with E-state index in [1.54, 1.807) is 0 Å². The molecule has 3 nitrogen and oxygen atoms in total. The molecule has 0 bridgehead atoms. The highest BCUT2D eigenvalue weighted by molar-refractivity contribution is 6.31. The van der Waals surface area contributed by atoms with Crippen LogP contribution < -0.4 is 0 Å². The number of aryl methyl sites for hydroxylation is 2. The molecule has 1 aromatic heterocycles. The molecule has 1 heterocycles. The van der Waals surface area contributed by atoms with E-state index < -0.39 is 0 Å². The first-order chi connectivity index (χ1) is 7.10. The number of carbonyl (C=O) groups is 1. The lowest BCUT2D eigenvalue weighted by Gasteiger charge is -2.06. The van der Waals surface area contributed by atoms with E-state index in [2.05, 4.69) is 5.10 Å². The molecule has 1 atom stereocenters. The third kappa shape index (κ3) is 2.81. The van der Waals surface area contributed by atoms with Gasteiger partial charge in [-0.05, 0) is 26.7 Å². The van der Waals surface area contributed by atoms with Gasteiger partial charge in [0.1, 0.15) is 6.29 Å². The highest BCUT2D eigenvalue weighted by Gasteiger charge is 2.13. The molecule has 0 N–H and O–H groups in total. The van der Waals surface area contributed by atoms with Gasteiger partial charge in [-0.1, -0.05) is 18.5 Å². The monoisotopic (exact) mass is 228 g/mol. The van der Waals surface area contributed by atoms with Gasteiger partial charge < -0.3 is 4.79 Å². The number of hydrogen-bond donors (Lipinski definition) is 0. The van der Waals surface area contributed by atoms with Gasteiger partial charge in [-0.15, -0.1) is 0 Å². The molecular weight excluding hydrogens is 212 g/mol. The summed E-state index contributed by atoms with van der Waals surface area (Å²) in [5.74, 6) is 0.0848. The third-order valence-electron chi connectivity index (χ3n) is 2.52. The van der Waals surface area contributed by atoms with Gasteiger partial charge >= 0.3 is 0 Å². The molecule has 0 aromatic carbocycles. The van der Waals surface area contributed by atoms with Crippen molar-refractivity contribution in [3.63, 3.8) is 0 Å². The lowest BCUT2D eigenvalue weighted by molar-refractivity contribution is -0.110. The number of aldehydes is 1. The van der Waals surface area contributed by atoms with Gasteiger partial charge in [0.15, 0.2) is 0 Å². The molecule has 0 aliphatic carbocycles. The fourth-order valence-corrected chi connectivity index (χ4v) is 1.77. The Morgan fingerprint density at radius 1 is 1.60 bits per heavy atom. The summed E-state index contributed by atoms with van der Waals surface area (Å²) in [4.78, 5) is 10.5. The molecule has 0 aliphatic rings. The van der Waals surface area contributed by atoms with Gasteiger partial charge in [-0.25, -0.2) is 0 Å². The van der Waals surface area contributed by atoms with E-state index in [1.807, 2.05) is 25.5 Å². The summed E-state index contributed by atoms with van der Waals surface area (Å²) in [6.45, 7) is 6.68. The van der Waals surface area contributed by atoms with Crippen LogP contribution in [0.2, 0.25) is 5.02 Å². The van der Waals surface area contributed by atoms with Crippen molar-refractivity contribution < 1.29 is 4.79 Å². The van der Waals surface area contributed by atoms with Gasteiger partial charge in [0.2, 0.25) is 0 Å². The number of hydrogen-bond acceptors (Lipinski definition) is 2. The Bertz CT molecular complexity index is 347. The first kappa shape index (κ1) is 12.2. The molecule has 84 valence electrons. The second-order valence-corrected chi connectivity index (χ2v) is 4.19. The van der Waals surface area contributed by atoms with Crippen LogP contribution in [0.25, 0.3) is 0 Å². The summed E-state index contributed by atoms with van der Waals surface area (Å²) in [6.07, 6.45) is 2.62. The van der Waals surface area contributed by atoms with Crippen LogP contribution in [0.1, 0.15) is 31.7 Å². The third-order valence-corrected chi connectivity index (χ3v) is 3.01. The normalized spacial score (nSPS) is 12.8. The van der Waals surface area contributed by atoms with Crippen LogP contribution in [0.15, 0.2) is 0 Å². The van der Waals surface area contributed by atoms with Gasteiger partial charge in [-0.2, -0.15) is 5.10 Å². The maximum atomic E-state index is 10.5. The van der Waals surface area contributed by atoms with Crippen LogP contribution >= 0.6 is 11.6 Å². The first-order valence-corrected chi connectivity index (χ1v) is 5.65. The second-order valence-electron chi connectivity index (χ2n) is 3.81. The zero-order valence-electron chi connectivity index (χ0n) is 9.46. The average molecular weight is 229 g/mol. The predicted octanol–water partition coefficient (Wildman–Crippen LogP) is 2.63. The van der Waals surface area contributed by atoms with Crippen LogP contribution in [-0.2, 0) is 17.8 Å². The van der Waals surface area contributed by atoms with Crippen molar-refractivity contribution in [2.45, 2.75) is 40.2 Å². The molecular formula is C11H17ClN2O. The van der Waals surface area contributed by atoms with E-state index >= 15 is 0 Å². The Morgan fingerprint density at radius 2 is 2.27 bits per heavy atom. The van der Waals surface area contributed by atoms with E-state index in [-0.39, 0.29) is 5.92 Å². The molecule has 0 radical (unpaired) electrons. The average Bonchev–Trinajstić information content (AvgIpc) is 2.52. The maximum Gasteiger partial charge on any atom is 0.122 e. The Morgan fingerprint density at radius 3 is 2.80 bits per heavy atom. The van der Waals surface area contributed by atoms with Crippen molar-refractivity contribution in [3.05, 3.63) is 16.4 Å². The van der Waals surface area contributed by atoms with Crippen LogP contribution in [0.3, 0.4) is 0 Å². The molecule has 15 heavy (non-hydrogen) atoms. The quantitative estimate of drug-likeness (QED) is 0.727. The number of rotatable bonds is 5. The van der Waals surface area contributed by atoms with Crippen molar-refractivity contribution in [2.75, 3.05) is 0 Å². The summed E-state index contributed by atoms with van der Waals surface area (Å²) in [5.41, 5.74) is 1.91. The number of nitrogens with zero attached hydrogens (tertiary/aromatic N) is 2. The Kier molecular flexibility index (Phi) is 4.33. The van der Waals surface area contributed by atoms with E-state index in [0.29, 0.717) is 0 Å². The summed E-state index contributed by atoms with van der Waals surface area (Å²) in [7, 11) is 0. The number of halogens is 1. The van der Waals surface area contributed by atoms with Crippen molar-refractivity contribution in [1.82, 2.24) is 9.78 Å². The molecule has 0 fully saturated rings. The molecule has 0 spiro atoms. The molecule has 4 heteroatoms. The fourth-order valence-electron chi connectivity index (χ4n) is 1.54. The summed E-state index contributed by atoms with van der Waals surface area (Å²) < 4.78 is 1.91. The van der Waals surface area contributed by atoms with Crippen molar-refractivity contribution >= 4 is 17.9 Å². The minimum Gasteiger partial charge on any atom is -0.303 e. The lowest BCUT2D eigenvalue weighted by Crippen LogP contribution is -2.06. The van der Waals surface area contributed by atoms with Crippen molar-refractivity contribution in [3.8, 4) is 0 Å². The van der Waals surface area contributed by atoms with Crippen molar-refractivity contribution in [1.29, 1.82) is 0 Å².